The van der Waals surface area contributed by atoms with Gasteiger partial charge in [0, 0.05) is 41.9 Å². The summed E-state index contributed by atoms with van der Waals surface area (Å²) in [5.41, 5.74) is 27.2. The van der Waals surface area contributed by atoms with Crippen LogP contribution in [0.5, 0.6) is 0 Å². The normalized spacial score (nSPS) is 13.4. The Morgan fingerprint density at radius 3 is 0.978 bits per heavy atom. The molecule has 93 heavy (non-hydrogen) atoms. The lowest BCUT2D eigenvalue weighted by atomic mass is 9.73. The lowest BCUT2D eigenvalue weighted by molar-refractivity contribution is 0.543. The SMILES string of the molecule is C#CCC1(CC#C)c2ccccc2-c2ccccc21.C=CCC1(CC=C)c2ccccc2-c2ccccc21.CC#CCC1(CC#CC)c2ccccc2-c2cc3ccccc3cc21.c1ccc2c(c1)Cc1cc3ccccc3cc1-2.c1ccc2c(c1)Cc1ccccc1-2. The van der Waals surface area contributed by atoms with Crippen LogP contribution in [0.2, 0.25) is 0 Å². The molecule has 0 spiro atoms. The second-order valence-electron chi connectivity index (χ2n) is 24.9. The van der Waals surface area contributed by atoms with Crippen molar-refractivity contribution in [3.63, 3.8) is 0 Å². The molecule has 5 aliphatic carbocycles. The van der Waals surface area contributed by atoms with Crippen LogP contribution in [0.1, 0.15) is 108 Å². The van der Waals surface area contributed by atoms with Gasteiger partial charge in [-0.05, 0) is 191 Å². The molecule has 446 valence electrons. The third kappa shape index (κ3) is 11.1. The summed E-state index contributed by atoms with van der Waals surface area (Å²) >= 11 is 0. The summed E-state index contributed by atoms with van der Waals surface area (Å²) < 4.78 is 0. The molecule has 0 fully saturated rings. The Balaban J connectivity index is 0.000000107. The molecule has 17 rings (SSSR count). The summed E-state index contributed by atoms with van der Waals surface area (Å²) in [6.07, 6.45) is 22.3. The molecule has 5 aliphatic rings. The minimum Gasteiger partial charge on any atom is -0.120 e. The van der Waals surface area contributed by atoms with E-state index in [9.17, 15) is 0 Å². The van der Waals surface area contributed by atoms with Crippen LogP contribution in [-0.4, -0.2) is 0 Å². The van der Waals surface area contributed by atoms with E-state index in [1.807, 2.05) is 26.0 Å². The van der Waals surface area contributed by atoms with Crippen molar-refractivity contribution >= 4 is 21.5 Å². The highest BCUT2D eigenvalue weighted by atomic mass is 14.5. The summed E-state index contributed by atoms with van der Waals surface area (Å²) in [7, 11) is 0. The Hall–Kier alpha value is -11.1. The quantitative estimate of drug-likeness (QED) is 0.105. The molecule has 0 aromatic heterocycles. The van der Waals surface area contributed by atoms with Crippen molar-refractivity contribution in [3.05, 3.63) is 348 Å². The Kier molecular flexibility index (Phi) is 17.5. The predicted octanol–water partition coefficient (Wildman–Crippen LogP) is 22.7. The molecule has 12 aromatic rings. The number of allylic oxidation sites excluding steroid dienone is 2. The first-order valence-electron chi connectivity index (χ1n) is 32.5. The predicted molar refractivity (Wildman–Crippen MR) is 395 cm³/mol. The number of hydrogen-bond acceptors (Lipinski definition) is 0. The average Bonchev–Trinajstić information content (AvgIpc) is 1.59. The van der Waals surface area contributed by atoms with E-state index in [0.717, 1.165) is 38.5 Å². The van der Waals surface area contributed by atoms with Gasteiger partial charge in [-0.15, -0.1) is 61.5 Å². The van der Waals surface area contributed by atoms with Crippen LogP contribution in [0.4, 0.5) is 0 Å². The van der Waals surface area contributed by atoms with E-state index in [2.05, 4.69) is 316 Å². The van der Waals surface area contributed by atoms with E-state index in [-0.39, 0.29) is 16.2 Å². The van der Waals surface area contributed by atoms with Gasteiger partial charge in [0.2, 0.25) is 0 Å². The highest BCUT2D eigenvalue weighted by molar-refractivity contribution is 5.95. The van der Waals surface area contributed by atoms with Crippen molar-refractivity contribution in [2.45, 2.75) is 81.5 Å². The number of rotatable bonds is 8. The van der Waals surface area contributed by atoms with Gasteiger partial charge in [-0.2, -0.15) is 0 Å². The Labute approximate surface area is 551 Å². The van der Waals surface area contributed by atoms with Crippen LogP contribution in [0.15, 0.2) is 292 Å². The van der Waals surface area contributed by atoms with Crippen LogP contribution < -0.4 is 0 Å². The maximum Gasteiger partial charge on any atom is 0.0433 e. The van der Waals surface area contributed by atoms with E-state index in [0.29, 0.717) is 12.8 Å². The Bertz CT molecular complexity index is 4870. The largest absolute Gasteiger partial charge is 0.120 e. The monoisotopic (exact) mass is 1190 g/mol. The van der Waals surface area contributed by atoms with Gasteiger partial charge < -0.3 is 0 Å². The van der Waals surface area contributed by atoms with Crippen LogP contribution in [0, 0.1) is 48.4 Å². The fourth-order valence-electron chi connectivity index (χ4n) is 15.6. The lowest BCUT2D eigenvalue weighted by Gasteiger charge is -2.30. The molecular weight excluding hydrogens is 1120 g/mol. The molecule has 0 saturated carbocycles. The number of terminal acetylenes is 2. The van der Waals surface area contributed by atoms with Gasteiger partial charge in [-0.25, -0.2) is 0 Å². The zero-order valence-electron chi connectivity index (χ0n) is 53.3. The van der Waals surface area contributed by atoms with Crippen LogP contribution in [-0.2, 0) is 29.1 Å². The van der Waals surface area contributed by atoms with Gasteiger partial charge in [0.1, 0.15) is 0 Å². The fraction of sp³-hybridized carbons (Fsp3) is 0.140. The molecule has 0 bridgehead atoms. The zero-order chi connectivity index (χ0) is 63.8. The van der Waals surface area contributed by atoms with Crippen molar-refractivity contribution in [2.75, 3.05) is 0 Å². The minimum absolute atomic E-state index is 0.0245. The van der Waals surface area contributed by atoms with E-state index in [1.165, 1.54) is 133 Å². The third-order valence-corrected chi connectivity index (χ3v) is 19.8. The van der Waals surface area contributed by atoms with E-state index >= 15 is 0 Å². The third-order valence-electron chi connectivity index (χ3n) is 19.8. The van der Waals surface area contributed by atoms with Gasteiger partial charge in [0.25, 0.3) is 0 Å². The maximum absolute atomic E-state index is 5.62. The molecule has 0 heteroatoms. The zero-order valence-corrected chi connectivity index (χ0v) is 53.3. The molecule has 0 saturated heterocycles. The summed E-state index contributed by atoms with van der Waals surface area (Å²) in [5.74, 6) is 18.5. The molecule has 0 unspecified atom stereocenters. The van der Waals surface area contributed by atoms with Crippen molar-refractivity contribution in [3.8, 4) is 104 Å². The molecular formula is C93H74. The topological polar surface area (TPSA) is 0 Å². The van der Waals surface area contributed by atoms with Crippen LogP contribution in [0.25, 0.3) is 77.2 Å². The highest BCUT2D eigenvalue weighted by Gasteiger charge is 2.44. The molecule has 0 N–H and O–H groups in total. The number of fused-ring (bicyclic) bond motifs is 17. The summed E-state index contributed by atoms with van der Waals surface area (Å²) in [6.45, 7) is 11.8. The summed E-state index contributed by atoms with van der Waals surface area (Å²) in [4.78, 5) is 0. The van der Waals surface area contributed by atoms with Crippen molar-refractivity contribution in [2.24, 2.45) is 0 Å². The Morgan fingerprint density at radius 2 is 0.591 bits per heavy atom. The van der Waals surface area contributed by atoms with Crippen molar-refractivity contribution in [1.29, 1.82) is 0 Å². The molecule has 0 atom stereocenters. The highest BCUT2D eigenvalue weighted by Crippen LogP contribution is 2.56. The first-order valence-corrected chi connectivity index (χ1v) is 32.5. The molecule has 0 heterocycles. The molecule has 12 aromatic carbocycles. The second kappa shape index (κ2) is 26.8. The van der Waals surface area contributed by atoms with Crippen molar-refractivity contribution < 1.29 is 0 Å². The average molecular weight is 1190 g/mol. The van der Waals surface area contributed by atoms with Gasteiger partial charge in [0.15, 0.2) is 0 Å². The lowest BCUT2D eigenvalue weighted by Crippen LogP contribution is -2.24. The molecule has 0 amide bonds. The standard InChI is InChI=1S/C25H20.C19H18.C19H14.C17H12.C13H10/c1-3-5-15-25(16-6-4-2)23-14-10-9-13-21(23)22-17-19-11-7-8-12-20(19)18-24(22)25;2*1-3-13-19(14-4-2)17-11-7-5-9-15(17)16-10-6-8-12-18(16)19;1-2-6-13-11-17-15(9-12(13)5-1)10-14-7-3-4-8-16(14)17;1-3-7-12-10(5-1)9-11-6-2-4-8-13(11)12/h7-14,17-18H,15-16H2,1-2H3;3-12H,1-2,13-14H2;1-2,5-12H,13-14H2;1-9,11H,10H2;1-8H,9H2. The fourth-order valence-corrected chi connectivity index (χ4v) is 15.6. The summed E-state index contributed by atoms with van der Waals surface area (Å²) in [6, 6.07) is 95.7. The Morgan fingerprint density at radius 1 is 0.301 bits per heavy atom. The van der Waals surface area contributed by atoms with E-state index in [1.54, 1.807) is 0 Å². The van der Waals surface area contributed by atoms with Crippen LogP contribution >= 0.6 is 0 Å². The first kappa shape index (κ1) is 60.8. The summed E-state index contributed by atoms with van der Waals surface area (Å²) in [5, 5.41) is 5.25. The van der Waals surface area contributed by atoms with Crippen molar-refractivity contribution in [1.82, 2.24) is 0 Å². The van der Waals surface area contributed by atoms with Gasteiger partial charge in [-0.1, -0.05) is 261 Å². The first-order chi connectivity index (χ1) is 45.8. The maximum atomic E-state index is 5.62. The van der Waals surface area contributed by atoms with Crippen LogP contribution in [0.3, 0.4) is 0 Å². The molecule has 0 aliphatic heterocycles. The molecule has 0 nitrogen and oxygen atoms in total. The molecule has 0 radical (unpaired) electrons. The van der Waals surface area contributed by atoms with Gasteiger partial charge in [-0.3, -0.25) is 0 Å². The number of hydrogen-bond donors (Lipinski definition) is 0. The number of benzene rings is 12. The smallest absolute Gasteiger partial charge is 0.0433 e. The van der Waals surface area contributed by atoms with Gasteiger partial charge >= 0.3 is 0 Å². The van der Waals surface area contributed by atoms with Gasteiger partial charge in [0.05, 0.1) is 0 Å². The van der Waals surface area contributed by atoms with E-state index in [4.69, 9.17) is 12.8 Å². The van der Waals surface area contributed by atoms with E-state index < -0.39 is 0 Å². The second-order valence-corrected chi connectivity index (χ2v) is 24.9. The minimum atomic E-state index is -0.212.